The van der Waals surface area contributed by atoms with Crippen molar-refractivity contribution in [2.24, 2.45) is 5.92 Å². The molecule has 1 amide bonds. The number of amides is 1. The van der Waals surface area contributed by atoms with Crippen LogP contribution in [0.25, 0.3) is 16.9 Å². The summed E-state index contributed by atoms with van der Waals surface area (Å²) in [6.07, 6.45) is 3.56. The Kier molecular flexibility index (Phi) is 5.17. The molecule has 1 unspecified atom stereocenters. The number of rotatable bonds is 4. The van der Waals surface area contributed by atoms with Gasteiger partial charge < -0.3 is 10.1 Å². The summed E-state index contributed by atoms with van der Waals surface area (Å²) >= 11 is 12.6. The van der Waals surface area contributed by atoms with Crippen LogP contribution in [0.1, 0.15) is 37.4 Å². The number of benzene rings is 2. The largest absolute Gasteiger partial charge is 0.489 e. The van der Waals surface area contributed by atoms with Crippen molar-refractivity contribution in [2.45, 2.75) is 31.7 Å². The van der Waals surface area contributed by atoms with Gasteiger partial charge in [0, 0.05) is 16.5 Å². The van der Waals surface area contributed by atoms with Crippen molar-refractivity contribution in [3.8, 4) is 22.7 Å². The highest BCUT2D eigenvalue weighted by molar-refractivity contribution is 6.32. The number of hydrogen-bond acceptors (Lipinski definition) is 3. The first-order valence-electron chi connectivity index (χ1n) is 10.2. The Morgan fingerprint density at radius 1 is 1.07 bits per heavy atom. The average Bonchev–Trinajstić information content (AvgIpc) is 3.55. The summed E-state index contributed by atoms with van der Waals surface area (Å²) in [4.78, 5) is 12.5. The SMILES string of the molecule is O=C(NC1CCCOc2c1nn(-c1ccccc1Cl)c2-c1ccc(Cl)cc1)C1CC1. The third-order valence-corrected chi connectivity index (χ3v) is 6.12. The molecule has 1 aliphatic carbocycles. The predicted molar refractivity (Wildman–Crippen MR) is 117 cm³/mol. The Bertz CT molecular complexity index is 1090. The molecular weight excluding hydrogens is 421 g/mol. The van der Waals surface area contributed by atoms with E-state index in [2.05, 4.69) is 5.32 Å². The van der Waals surface area contributed by atoms with E-state index in [4.69, 9.17) is 33.0 Å². The minimum Gasteiger partial charge on any atom is -0.489 e. The second-order valence-corrected chi connectivity index (χ2v) is 8.60. The van der Waals surface area contributed by atoms with Gasteiger partial charge in [-0.05, 0) is 49.9 Å². The summed E-state index contributed by atoms with van der Waals surface area (Å²) in [7, 11) is 0. The van der Waals surface area contributed by atoms with E-state index < -0.39 is 0 Å². The average molecular weight is 442 g/mol. The first-order chi connectivity index (χ1) is 14.6. The molecular formula is C23H21Cl2N3O2. The van der Waals surface area contributed by atoms with E-state index >= 15 is 0 Å². The molecule has 5 rings (SSSR count). The highest BCUT2D eigenvalue weighted by Gasteiger charge is 2.35. The summed E-state index contributed by atoms with van der Waals surface area (Å²) in [6, 6.07) is 15.0. The number of ether oxygens (including phenoxy) is 1. The number of nitrogens with zero attached hydrogens (tertiary/aromatic N) is 2. The Labute approximate surface area is 184 Å². The van der Waals surface area contributed by atoms with Crippen molar-refractivity contribution < 1.29 is 9.53 Å². The Balaban J connectivity index is 1.67. The minimum atomic E-state index is -0.189. The van der Waals surface area contributed by atoms with Gasteiger partial charge in [0.15, 0.2) is 5.75 Å². The number of hydrogen-bond donors (Lipinski definition) is 1. The third kappa shape index (κ3) is 3.68. The lowest BCUT2D eigenvalue weighted by molar-refractivity contribution is -0.123. The summed E-state index contributed by atoms with van der Waals surface area (Å²) in [5, 5.41) is 9.35. The first kappa shape index (κ1) is 19.5. The van der Waals surface area contributed by atoms with Gasteiger partial charge in [0.05, 0.1) is 23.4 Å². The molecule has 1 saturated carbocycles. The topological polar surface area (TPSA) is 56.1 Å². The normalized spacial score (nSPS) is 18.3. The van der Waals surface area contributed by atoms with Crippen molar-refractivity contribution in [3.63, 3.8) is 0 Å². The number of carbonyl (C=O) groups excluding carboxylic acids is 1. The highest BCUT2D eigenvalue weighted by atomic mass is 35.5. The zero-order valence-electron chi connectivity index (χ0n) is 16.3. The smallest absolute Gasteiger partial charge is 0.223 e. The zero-order valence-corrected chi connectivity index (χ0v) is 17.8. The summed E-state index contributed by atoms with van der Waals surface area (Å²) in [5.41, 5.74) is 3.23. The number of para-hydroxylation sites is 1. The summed E-state index contributed by atoms with van der Waals surface area (Å²) in [5.74, 6) is 0.933. The van der Waals surface area contributed by atoms with Gasteiger partial charge in [-0.3, -0.25) is 4.79 Å². The van der Waals surface area contributed by atoms with Gasteiger partial charge in [-0.2, -0.15) is 5.10 Å². The lowest BCUT2D eigenvalue weighted by Crippen LogP contribution is -2.29. The quantitative estimate of drug-likeness (QED) is 0.574. The fraction of sp³-hybridized carbons (Fsp3) is 0.304. The number of halogens is 2. The lowest BCUT2D eigenvalue weighted by Gasteiger charge is -2.15. The Morgan fingerprint density at radius 2 is 1.83 bits per heavy atom. The fourth-order valence-electron chi connectivity index (χ4n) is 3.82. The van der Waals surface area contributed by atoms with Crippen LogP contribution < -0.4 is 10.1 Å². The van der Waals surface area contributed by atoms with Crippen LogP contribution in [0.4, 0.5) is 0 Å². The Hall–Kier alpha value is -2.50. The highest BCUT2D eigenvalue weighted by Crippen LogP contribution is 2.42. The molecule has 1 atom stereocenters. The molecule has 7 heteroatoms. The number of aromatic nitrogens is 2. The van der Waals surface area contributed by atoms with E-state index in [1.165, 1.54) is 0 Å². The van der Waals surface area contributed by atoms with Crippen LogP contribution in [0.2, 0.25) is 10.0 Å². The van der Waals surface area contributed by atoms with E-state index in [1.54, 1.807) is 0 Å². The monoisotopic (exact) mass is 441 g/mol. The standard InChI is InChI=1S/C23H21Cl2N3O2/c24-16-11-9-14(10-12-16)21-22-20(27-28(21)19-6-2-1-4-17(19)25)18(5-3-13-30-22)26-23(29)15-7-8-15/h1-2,4,6,9-12,15,18H,3,5,7-8,13H2,(H,26,29). The van der Waals surface area contributed by atoms with Crippen molar-refractivity contribution in [1.29, 1.82) is 0 Å². The molecule has 30 heavy (non-hydrogen) atoms. The molecule has 2 aliphatic rings. The van der Waals surface area contributed by atoms with Crippen LogP contribution in [0.3, 0.4) is 0 Å². The molecule has 1 aliphatic heterocycles. The van der Waals surface area contributed by atoms with Gasteiger partial charge in [0.1, 0.15) is 11.4 Å². The maximum absolute atomic E-state index is 12.5. The third-order valence-electron chi connectivity index (χ3n) is 5.54. The van der Waals surface area contributed by atoms with E-state index in [9.17, 15) is 4.79 Å². The molecule has 1 aromatic heterocycles. The molecule has 5 nitrogen and oxygen atoms in total. The predicted octanol–water partition coefficient (Wildman–Crippen LogP) is 5.59. The van der Waals surface area contributed by atoms with Crippen LogP contribution in [0.5, 0.6) is 5.75 Å². The van der Waals surface area contributed by atoms with Gasteiger partial charge >= 0.3 is 0 Å². The molecule has 1 fully saturated rings. The van der Waals surface area contributed by atoms with Gasteiger partial charge in [0.2, 0.25) is 5.91 Å². The minimum absolute atomic E-state index is 0.105. The molecule has 0 spiro atoms. The second kappa shape index (κ2) is 7.97. The van der Waals surface area contributed by atoms with Crippen LogP contribution >= 0.6 is 23.2 Å². The van der Waals surface area contributed by atoms with Gasteiger partial charge in [-0.1, -0.05) is 47.5 Å². The second-order valence-electron chi connectivity index (χ2n) is 7.76. The van der Waals surface area contributed by atoms with Crippen LogP contribution in [-0.2, 0) is 4.79 Å². The summed E-state index contributed by atoms with van der Waals surface area (Å²) in [6.45, 7) is 0.567. The van der Waals surface area contributed by atoms with Crippen LogP contribution in [0.15, 0.2) is 48.5 Å². The molecule has 2 aromatic carbocycles. The Morgan fingerprint density at radius 3 is 2.57 bits per heavy atom. The first-order valence-corrected chi connectivity index (χ1v) is 10.9. The fourth-order valence-corrected chi connectivity index (χ4v) is 4.17. The molecule has 0 saturated heterocycles. The molecule has 0 bridgehead atoms. The molecule has 3 aromatic rings. The zero-order chi connectivity index (χ0) is 20.7. The van der Waals surface area contributed by atoms with Crippen molar-refractivity contribution in [2.75, 3.05) is 6.61 Å². The van der Waals surface area contributed by atoms with E-state index in [1.807, 2.05) is 53.2 Å². The van der Waals surface area contributed by atoms with Crippen molar-refractivity contribution >= 4 is 29.1 Å². The van der Waals surface area contributed by atoms with E-state index in [0.29, 0.717) is 22.4 Å². The maximum atomic E-state index is 12.5. The van der Waals surface area contributed by atoms with Crippen LogP contribution in [0, 0.1) is 5.92 Å². The van der Waals surface area contributed by atoms with Crippen molar-refractivity contribution in [3.05, 3.63) is 64.3 Å². The van der Waals surface area contributed by atoms with Crippen molar-refractivity contribution in [1.82, 2.24) is 15.1 Å². The number of carbonyl (C=O) groups is 1. The molecule has 154 valence electrons. The van der Waals surface area contributed by atoms with E-state index in [-0.39, 0.29) is 17.9 Å². The molecule has 0 radical (unpaired) electrons. The van der Waals surface area contributed by atoms with Gasteiger partial charge in [-0.15, -0.1) is 0 Å². The van der Waals surface area contributed by atoms with Gasteiger partial charge in [-0.25, -0.2) is 4.68 Å². The maximum Gasteiger partial charge on any atom is 0.223 e. The molecule has 2 heterocycles. The number of fused-ring (bicyclic) bond motifs is 1. The van der Waals surface area contributed by atoms with Gasteiger partial charge in [0.25, 0.3) is 0 Å². The molecule has 1 N–H and O–H groups in total. The van der Waals surface area contributed by atoms with Crippen LogP contribution in [-0.4, -0.2) is 22.3 Å². The number of nitrogens with one attached hydrogen (secondary N) is 1. The lowest BCUT2D eigenvalue weighted by atomic mass is 10.1. The summed E-state index contributed by atoms with van der Waals surface area (Å²) < 4.78 is 8.00. The van der Waals surface area contributed by atoms with E-state index in [0.717, 1.165) is 48.3 Å².